The van der Waals surface area contributed by atoms with Crippen LogP contribution in [0, 0.1) is 5.92 Å². The highest BCUT2D eigenvalue weighted by molar-refractivity contribution is 5.79. The zero-order valence-electron chi connectivity index (χ0n) is 22.3. The van der Waals surface area contributed by atoms with Crippen molar-refractivity contribution in [3.05, 3.63) is 0 Å². The second kappa shape index (κ2) is 22.3. The molecule has 1 atom stereocenters. The van der Waals surface area contributed by atoms with Crippen LogP contribution in [0.5, 0.6) is 0 Å². The van der Waals surface area contributed by atoms with Gasteiger partial charge in [0.2, 0.25) is 5.91 Å². The van der Waals surface area contributed by atoms with Crippen molar-refractivity contribution in [2.45, 2.75) is 168 Å². The first-order chi connectivity index (χ1) is 15.8. The number of unbranched alkanes of at least 4 members (excludes halogenated alkanes) is 18. The van der Waals surface area contributed by atoms with E-state index in [0.717, 1.165) is 25.9 Å². The average molecular weight is 450 g/mol. The van der Waals surface area contributed by atoms with Gasteiger partial charge in [0.15, 0.2) is 0 Å². The van der Waals surface area contributed by atoms with Crippen LogP contribution < -0.4 is 0 Å². The summed E-state index contributed by atoms with van der Waals surface area (Å²) >= 11 is 0. The Morgan fingerprint density at radius 1 is 0.594 bits per heavy atom. The van der Waals surface area contributed by atoms with E-state index >= 15 is 0 Å². The molecule has 1 rings (SSSR count). The van der Waals surface area contributed by atoms with Gasteiger partial charge < -0.3 is 4.90 Å². The van der Waals surface area contributed by atoms with E-state index in [4.69, 9.17) is 0 Å². The molecule has 0 aromatic heterocycles. The van der Waals surface area contributed by atoms with Crippen molar-refractivity contribution < 1.29 is 4.79 Å². The third-order valence-electron chi connectivity index (χ3n) is 7.58. The lowest BCUT2D eigenvalue weighted by Crippen LogP contribution is -2.35. The lowest BCUT2D eigenvalue weighted by molar-refractivity contribution is -0.135. The van der Waals surface area contributed by atoms with Crippen molar-refractivity contribution in [1.29, 1.82) is 0 Å². The highest BCUT2D eigenvalue weighted by atomic mass is 16.2. The van der Waals surface area contributed by atoms with E-state index in [1.54, 1.807) is 0 Å². The fraction of sp³-hybridized carbons (Fsp3) is 0.967. The Morgan fingerprint density at radius 3 is 1.53 bits per heavy atom. The highest BCUT2D eigenvalue weighted by Gasteiger charge is 2.25. The molecule has 2 heteroatoms. The molecule has 2 nitrogen and oxygen atoms in total. The van der Waals surface area contributed by atoms with Gasteiger partial charge in [-0.3, -0.25) is 4.79 Å². The molecule has 0 aromatic rings. The van der Waals surface area contributed by atoms with Crippen LogP contribution in [0.2, 0.25) is 0 Å². The number of nitrogens with zero attached hydrogens (tertiary/aromatic N) is 1. The van der Waals surface area contributed by atoms with Gasteiger partial charge in [0.25, 0.3) is 0 Å². The van der Waals surface area contributed by atoms with Crippen LogP contribution >= 0.6 is 0 Å². The largest absolute Gasteiger partial charge is 0.342 e. The Labute approximate surface area is 202 Å². The minimum Gasteiger partial charge on any atom is -0.342 e. The zero-order valence-corrected chi connectivity index (χ0v) is 22.3. The summed E-state index contributed by atoms with van der Waals surface area (Å²) in [4.78, 5) is 15.3. The lowest BCUT2D eigenvalue weighted by Gasteiger charge is -2.24. The second-order valence-corrected chi connectivity index (χ2v) is 10.7. The van der Waals surface area contributed by atoms with Crippen molar-refractivity contribution in [2.75, 3.05) is 13.1 Å². The Bertz CT molecular complexity index is 372. The van der Waals surface area contributed by atoms with Crippen LogP contribution in [0.3, 0.4) is 0 Å². The SMILES string of the molecule is CCCCCCCCCCCCC1CCCCN(CCCCCCCCCCCC)C1=O. The first-order valence-electron chi connectivity index (χ1n) is 15.1. The summed E-state index contributed by atoms with van der Waals surface area (Å²) in [6.45, 7) is 6.61. The predicted molar refractivity (Wildman–Crippen MR) is 142 cm³/mol. The quantitative estimate of drug-likeness (QED) is 0.151. The first kappa shape index (κ1) is 29.5. The molecular weight excluding hydrogens is 390 g/mol. The molecule has 1 amide bonds. The van der Waals surface area contributed by atoms with Crippen LogP contribution in [-0.4, -0.2) is 23.9 Å². The Morgan fingerprint density at radius 2 is 1.03 bits per heavy atom. The van der Waals surface area contributed by atoms with Gasteiger partial charge in [0.05, 0.1) is 0 Å². The molecule has 1 heterocycles. The van der Waals surface area contributed by atoms with Crippen LogP contribution in [0.15, 0.2) is 0 Å². The van der Waals surface area contributed by atoms with E-state index < -0.39 is 0 Å². The van der Waals surface area contributed by atoms with Crippen molar-refractivity contribution in [3.8, 4) is 0 Å². The second-order valence-electron chi connectivity index (χ2n) is 10.7. The van der Waals surface area contributed by atoms with E-state index in [2.05, 4.69) is 18.7 Å². The molecular formula is C30H59NO. The molecule has 1 fully saturated rings. The Kier molecular flexibility index (Phi) is 20.5. The third kappa shape index (κ3) is 16.1. The minimum atomic E-state index is 0.328. The topological polar surface area (TPSA) is 20.3 Å². The highest BCUT2D eigenvalue weighted by Crippen LogP contribution is 2.24. The molecule has 1 unspecified atom stereocenters. The molecule has 0 radical (unpaired) electrons. The summed E-state index contributed by atoms with van der Waals surface area (Å²) < 4.78 is 0. The van der Waals surface area contributed by atoms with Crippen molar-refractivity contribution in [1.82, 2.24) is 4.90 Å². The van der Waals surface area contributed by atoms with E-state index in [1.165, 1.54) is 141 Å². The van der Waals surface area contributed by atoms with Crippen LogP contribution in [0.25, 0.3) is 0 Å². The summed E-state index contributed by atoms with van der Waals surface area (Å²) in [5.41, 5.74) is 0. The predicted octanol–water partition coefficient (Wildman–Crippen LogP) is 9.85. The van der Waals surface area contributed by atoms with Crippen molar-refractivity contribution in [3.63, 3.8) is 0 Å². The maximum absolute atomic E-state index is 13.1. The molecule has 0 spiro atoms. The number of hydrogen-bond donors (Lipinski definition) is 0. The normalized spacial score (nSPS) is 17.1. The van der Waals surface area contributed by atoms with Gasteiger partial charge in [-0.2, -0.15) is 0 Å². The summed E-state index contributed by atoms with van der Waals surface area (Å²) in [6, 6.07) is 0. The monoisotopic (exact) mass is 449 g/mol. The van der Waals surface area contributed by atoms with Crippen LogP contribution in [-0.2, 0) is 4.79 Å². The van der Waals surface area contributed by atoms with Gasteiger partial charge in [-0.05, 0) is 25.7 Å². The fourth-order valence-electron chi connectivity index (χ4n) is 5.34. The average Bonchev–Trinajstić information content (AvgIpc) is 2.97. The fourth-order valence-corrected chi connectivity index (χ4v) is 5.34. The molecule has 1 aliphatic heterocycles. The number of carbonyl (C=O) groups is 1. The molecule has 0 aliphatic carbocycles. The number of amides is 1. The minimum absolute atomic E-state index is 0.328. The van der Waals surface area contributed by atoms with E-state index in [9.17, 15) is 4.79 Å². The van der Waals surface area contributed by atoms with Gasteiger partial charge in [-0.1, -0.05) is 142 Å². The number of carbonyl (C=O) groups excluding carboxylic acids is 1. The summed E-state index contributed by atoms with van der Waals surface area (Å²) in [7, 11) is 0. The van der Waals surface area contributed by atoms with Crippen LogP contribution in [0.1, 0.15) is 168 Å². The van der Waals surface area contributed by atoms with Gasteiger partial charge in [0.1, 0.15) is 0 Å². The van der Waals surface area contributed by atoms with Gasteiger partial charge in [-0.25, -0.2) is 0 Å². The van der Waals surface area contributed by atoms with Gasteiger partial charge in [0, 0.05) is 19.0 Å². The summed E-state index contributed by atoms with van der Waals surface area (Å²) in [5, 5.41) is 0. The molecule has 0 N–H and O–H groups in total. The molecule has 190 valence electrons. The van der Waals surface area contributed by atoms with E-state index in [0.29, 0.717) is 11.8 Å². The van der Waals surface area contributed by atoms with Gasteiger partial charge >= 0.3 is 0 Å². The van der Waals surface area contributed by atoms with Gasteiger partial charge in [-0.15, -0.1) is 0 Å². The summed E-state index contributed by atoms with van der Waals surface area (Å²) in [5.74, 6) is 0.823. The third-order valence-corrected chi connectivity index (χ3v) is 7.58. The zero-order chi connectivity index (χ0) is 23.1. The Hall–Kier alpha value is -0.530. The van der Waals surface area contributed by atoms with Crippen LogP contribution in [0.4, 0.5) is 0 Å². The number of likely N-dealkylation sites (tertiary alicyclic amines) is 1. The molecule has 1 aliphatic rings. The molecule has 32 heavy (non-hydrogen) atoms. The first-order valence-corrected chi connectivity index (χ1v) is 15.1. The maximum Gasteiger partial charge on any atom is 0.225 e. The van der Waals surface area contributed by atoms with E-state index in [1.807, 2.05) is 0 Å². The standard InChI is InChI=1S/C30H59NO/c1-3-5-7-9-11-13-15-17-19-21-25-29-26-22-24-28-31(30(29)32)27-23-20-18-16-14-12-10-8-6-4-2/h29H,3-28H2,1-2H3. The maximum atomic E-state index is 13.1. The smallest absolute Gasteiger partial charge is 0.225 e. The Balaban J connectivity index is 2.04. The molecule has 1 saturated heterocycles. The summed E-state index contributed by atoms with van der Waals surface area (Å²) in [6.07, 6.45) is 32.3. The lowest BCUT2D eigenvalue weighted by atomic mass is 9.95. The van der Waals surface area contributed by atoms with E-state index in [-0.39, 0.29) is 0 Å². The number of hydrogen-bond acceptors (Lipinski definition) is 1. The molecule has 0 bridgehead atoms. The van der Waals surface area contributed by atoms with Crippen molar-refractivity contribution >= 4 is 5.91 Å². The van der Waals surface area contributed by atoms with Crippen molar-refractivity contribution in [2.24, 2.45) is 5.92 Å². The molecule has 0 saturated carbocycles. The molecule has 0 aromatic carbocycles. The number of rotatable bonds is 22.